The van der Waals surface area contributed by atoms with Gasteiger partial charge in [0.05, 0.1) is 11.9 Å². The van der Waals surface area contributed by atoms with Crippen LogP contribution >= 0.6 is 15.9 Å². The van der Waals surface area contributed by atoms with E-state index in [-0.39, 0.29) is 5.82 Å². The van der Waals surface area contributed by atoms with Crippen LogP contribution in [-0.4, -0.2) is 9.78 Å². The normalized spacial score (nSPS) is 10.2. The second-order valence-electron chi connectivity index (χ2n) is 3.49. The van der Waals surface area contributed by atoms with E-state index in [0.717, 1.165) is 10.0 Å². The van der Waals surface area contributed by atoms with Gasteiger partial charge in [0, 0.05) is 29.0 Å². The van der Waals surface area contributed by atoms with E-state index in [9.17, 15) is 4.39 Å². The van der Waals surface area contributed by atoms with Gasteiger partial charge in [-0.15, -0.1) is 0 Å². The SMILES string of the molecule is C=Cn1cc(CNc2cc(Br)ccc2F)cn1. The molecule has 1 aromatic carbocycles. The summed E-state index contributed by atoms with van der Waals surface area (Å²) >= 11 is 3.30. The van der Waals surface area contributed by atoms with Crippen LogP contribution < -0.4 is 5.32 Å². The molecule has 17 heavy (non-hydrogen) atoms. The van der Waals surface area contributed by atoms with Crippen molar-refractivity contribution in [2.75, 3.05) is 5.32 Å². The standard InChI is InChI=1S/C12H11BrFN3/c1-2-17-8-9(7-16-17)6-15-12-5-10(13)3-4-11(12)14/h2-5,7-8,15H,1,6H2. The van der Waals surface area contributed by atoms with Crippen molar-refractivity contribution in [2.24, 2.45) is 0 Å². The second-order valence-corrected chi connectivity index (χ2v) is 4.40. The first kappa shape index (κ1) is 11.9. The monoisotopic (exact) mass is 295 g/mol. The van der Waals surface area contributed by atoms with Crippen molar-refractivity contribution < 1.29 is 4.39 Å². The summed E-state index contributed by atoms with van der Waals surface area (Å²) in [5.74, 6) is -0.274. The Hall–Kier alpha value is -1.62. The molecule has 0 atom stereocenters. The molecule has 0 aliphatic carbocycles. The predicted molar refractivity (Wildman–Crippen MR) is 70.0 cm³/mol. The van der Waals surface area contributed by atoms with Gasteiger partial charge in [0.1, 0.15) is 5.82 Å². The molecule has 0 saturated heterocycles. The van der Waals surface area contributed by atoms with E-state index in [4.69, 9.17) is 0 Å². The number of anilines is 1. The van der Waals surface area contributed by atoms with E-state index in [1.54, 1.807) is 29.2 Å². The van der Waals surface area contributed by atoms with Crippen LogP contribution in [0.4, 0.5) is 10.1 Å². The molecule has 0 unspecified atom stereocenters. The van der Waals surface area contributed by atoms with E-state index < -0.39 is 0 Å². The van der Waals surface area contributed by atoms with Crippen molar-refractivity contribution in [2.45, 2.75) is 6.54 Å². The molecule has 3 nitrogen and oxygen atoms in total. The van der Waals surface area contributed by atoms with Gasteiger partial charge in [-0.05, 0) is 18.2 Å². The average molecular weight is 296 g/mol. The third-order valence-electron chi connectivity index (χ3n) is 2.25. The third kappa shape index (κ3) is 2.94. The number of hydrogen-bond acceptors (Lipinski definition) is 2. The van der Waals surface area contributed by atoms with Crippen LogP contribution in [0.3, 0.4) is 0 Å². The molecule has 1 N–H and O–H groups in total. The zero-order valence-corrected chi connectivity index (χ0v) is 10.6. The van der Waals surface area contributed by atoms with Gasteiger partial charge in [0.2, 0.25) is 0 Å². The highest BCUT2D eigenvalue weighted by molar-refractivity contribution is 9.10. The maximum atomic E-state index is 13.4. The summed E-state index contributed by atoms with van der Waals surface area (Å²) in [5, 5.41) is 7.06. The Bertz CT molecular complexity index is 536. The lowest BCUT2D eigenvalue weighted by atomic mass is 10.3. The molecule has 1 aromatic heterocycles. The van der Waals surface area contributed by atoms with Crippen molar-refractivity contribution in [1.82, 2.24) is 9.78 Å². The zero-order chi connectivity index (χ0) is 12.3. The first-order valence-corrected chi connectivity index (χ1v) is 5.83. The van der Waals surface area contributed by atoms with Gasteiger partial charge in [-0.25, -0.2) is 9.07 Å². The lowest BCUT2D eigenvalue weighted by molar-refractivity contribution is 0.630. The molecule has 0 spiro atoms. The Labute approximate surface area is 107 Å². The van der Waals surface area contributed by atoms with Gasteiger partial charge in [0.25, 0.3) is 0 Å². The summed E-state index contributed by atoms with van der Waals surface area (Å²) in [6.45, 7) is 4.12. The fraction of sp³-hybridized carbons (Fsp3) is 0.0833. The topological polar surface area (TPSA) is 29.9 Å². The maximum absolute atomic E-state index is 13.4. The second kappa shape index (κ2) is 5.14. The minimum absolute atomic E-state index is 0.274. The van der Waals surface area contributed by atoms with Crippen LogP contribution in [0.5, 0.6) is 0 Å². The molecule has 1 heterocycles. The lowest BCUT2D eigenvalue weighted by Crippen LogP contribution is -2.00. The Morgan fingerprint density at radius 2 is 2.35 bits per heavy atom. The highest BCUT2D eigenvalue weighted by Crippen LogP contribution is 2.20. The number of halogens is 2. The first-order chi connectivity index (χ1) is 8.19. The third-order valence-corrected chi connectivity index (χ3v) is 2.75. The summed E-state index contributed by atoms with van der Waals surface area (Å²) in [4.78, 5) is 0. The van der Waals surface area contributed by atoms with Crippen molar-refractivity contribution in [3.05, 3.63) is 53.0 Å². The fourth-order valence-electron chi connectivity index (χ4n) is 1.40. The summed E-state index contributed by atoms with van der Waals surface area (Å²) < 4.78 is 15.9. The number of rotatable bonds is 4. The smallest absolute Gasteiger partial charge is 0.146 e. The van der Waals surface area contributed by atoms with Gasteiger partial charge in [-0.1, -0.05) is 22.5 Å². The molecule has 2 rings (SSSR count). The molecule has 0 radical (unpaired) electrons. The largest absolute Gasteiger partial charge is 0.378 e. The quantitative estimate of drug-likeness (QED) is 0.936. The van der Waals surface area contributed by atoms with Gasteiger partial charge < -0.3 is 5.32 Å². The number of nitrogens with zero attached hydrogens (tertiary/aromatic N) is 2. The minimum atomic E-state index is -0.274. The highest BCUT2D eigenvalue weighted by atomic mass is 79.9. The molecule has 0 amide bonds. The lowest BCUT2D eigenvalue weighted by Gasteiger charge is -2.06. The predicted octanol–water partition coefficient (Wildman–Crippen LogP) is 3.50. The van der Waals surface area contributed by atoms with E-state index in [0.29, 0.717) is 12.2 Å². The number of benzene rings is 1. The van der Waals surface area contributed by atoms with Gasteiger partial charge >= 0.3 is 0 Å². The molecule has 5 heteroatoms. The molecule has 0 saturated carbocycles. The van der Waals surface area contributed by atoms with Crippen LogP contribution in [0.15, 0.2) is 41.6 Å². The van der Waals surface area contributed by atoms with E-state index in [1.807, 2.05) is 6.20 Å². The molecule has 88 valence electrons. The van der Waals surface area contributed by atoms with Crippen molar-refractivity contribution in [3.63, 3.8) is 0 Å². The Balaban J connectivity index is 2.06. The summed E-state index contributed by atoms with van der Waals surface area (Å²) in [6, 6.07) is 4.78. The van der Waals surface area contributed by atoms with E-state index in [2.05, 4.69) is 32.9 Å². The Morgan fingerprint density at radius 1 is 1.53 bits per heavy atom. The van der Waals surface area contributed by atoms with E-state index >= 15 is 0 Å². The molecule has 0 bridgehead atoms. The summed E-state index contributed by atoms with van der Waals surface area (Å²) in [7, 11) is 0. The van der Waals surface area contributed by atoms with Crippen molar-refractivity contribution in [1.29, 1.82) is 0 Å². The molecular weight excluding hydrogens is 285 g/mol. The first-order valence-electron chi connectivity index (χ1n) is 5.03. The number of aromatic nitrogens is 2. The van der Waals surface area contributed by atoms with Crippen LogP contribution in [0.2, 0.25) is 0 Å². The van der Waals surface area contributed by atoms with Crippen LogP contribution in [0.25, 0.3) is 6.20 Å². The molecule has 2 aromatic rings. The van der Waals surface area contributed by atoms with Gasteiger partial charge in [-0.3, -0.25) is 0 Å². The fourth-order valence-corrected chi connectivity index (χ4v) is 1.76. The van der Waals surface area contributed by atoms with Crippen molar-refractivity contribution >= 4 is 27.8 Å². The van der Waals surface area contributed by atoms with Crippen LogP contribution in [-0.2, 0) is 6.54 Å². The summed E-state index contributed by atoms with van der Waals surface area (Å²) in [6.07, 6.45) is 5.14. The zero-order valence-electron chi connectivity index (χ0n) is 9.03. The average Bonchev–Trinajstić information content (AvgIpc) is 2.78. The Kier molecular flexibility index (Phi) is 3.58. The van der Waals surface area contributed by atoms with Crippen LogP contribution in [0.1, 0.15) is 5.56 Å². The number of hydrogen-bond donors (Lipinski definition) is 1. The van der Waals surface area contributed by atoms with Crippen molar-refractivity contribution in [3.8, 4) is 0 Å². The highest BCUT2D eigenvalue weighted by Gasteiger charge is 2.03. The molecule has 0 aliphatic heterocycles. The minimum Gasteiger partial charge on any atom is -0.378 e. The van der Waals surface area contributed by atoms with Gasteiger partial charge in [-0.2, -0.15) is 5.10 Å². The summed E-state index contributed by atoms with van der Waals surface area (Å²) in [5.41, 5.74) is 1.43. The maximum Gasteiger partial charge on any atom is 0.146 e. The molecular formula is C12H11BrFN3. The van der Waals surface area contributed by atoms with E-state index in [1.165, 1.54) is 6.07 Å². The Morgan fingerprint density at radius 3 is 3.06 bits per heavy atom. The number of nitrogens with one attached hydrogen (secondary N) is 1. The van der Waals surface area contributed by atoms with Crippen LogP contribution in [0, 0.1) is 5.82 Å². The molecule has 0 fully saturated rings. The van der Waals surface area contributed by atoms with Gasteiger partial charge in [0.15, 0.2) is 0 Å². The molecule has 0 aliphatic rings.